The molecule has 3 N–H and O–H groups in total. The average Bonchev–Trinajstić information content (AvgIpc) is 2.29. The molecule has 0 bridgehead atoms. The molecule has 0 radical (unpaired) electrons. The lowest BCUT2D eigenvalue weighted by Gasteiger charge is -2.21. The third-order valence-electron chi connectivity index (χ3n) is 3.38. The molecule has 15 heavy (non-hydrogen) atoms. The Morgan fingerprint density at radius 2 is 2.07 bits per heavy atom. The fourth-order valence-electron chi connectivity index (χ4n) is 2.16. The lowest BCUT2D eigenvalue weighted by atomic mass is 9.87. The second-order valence-corrected chi connectivity index (χ2v) is 4.72. The van der Waals surface area contributed by atoms with Gasteiger partial charge in [-0.15, -0.1) is 0 Å². The molecule has 1 atom stereocenters. The summed E-state index contributed by atoms with van der Waals surface area (Å²) in [4.78, 5) is 11.4. The van der Waals surface area contributed by atoms with Gasteiger partial charge >= 0.3 is 0 Å². The summed E-state index contributed by atoms with van der Waals surface area (Å²) < 4.78 is 0. The molecule has 1 amide bonds. The van der Waals surface area contributed by atoms with Crippen molar-refractivity contribution in [3.8, 4) is 0 Å². The first-order chi connectivity index (χ1) is 7.24. The Bertz CT molecular complexity index is 188. The maximum absolute atomic E-state index is 11.4. The van der Waals surface area contributed by atoms with Gasteiger partial charge in [0.25, 0.3) is 0 Å². The molecular weight excluding hydrogens is 188 g/mol. The van der Waals surface area contributed by atoms with Crippen molar-refractivity contribution in [2.45, 2.75) is 45.4 Å². The Morgan fingerprint density at radius 1 is 1.40 bits per heavy atom. The van der Waals surface area contributed by atoms with E-state index in [4.69, 9.17) is 5.73 Å². The molecule has 1 saturated carbocycles. The summed E-state index contributed by atoms with van der Waals surface area (Å²) in [5, 5.41) is 2.96. The van der Waals surface area contributed by atoms with Crippen LogP contribution in [0, 0.1) is 11.8 Å². The lowest BCUT2D eigenvalue weighted by Crippen LogP contribution is -2.34. The quantitative estimate of drug-likeness (QED) is 0.728. The van der Waals surface area contributed by atoms with E-state index < -0.39 is 0 Å². The molecule has 0 aromatic rings. The van der Waals surface area contributed by atoms with Crippen molar-refractivity contribution < 1.29 is 4.79 Å². The number of nitrogens with two attached hydrogens (primary N) is 1. The third-order valence-corrected chi connectivity index (χ3v) is 3.38. The van der Waals surface area contributed by atoms with Crippen LogP contribution >= 0.6 is 0 Å². The van der Waals surface area contributed by atoms with Gasteiger partial charge in [0.05, 0.1) is 0 Å². The van der Waals surface area contributed by atoms with Crippen LogP contribution in [0.25, 0.3) is 0 Å². The molecule has 1 unspecified atom stereocenters. The van der Waals surface area contributed by atoms with Gasteiger partial charge in [0.1, 0.15) is 0 Å². The summed E-state index contributed by atoms with van der Waals surface area (Å²) in [5.74, 6) is 0.900. The van der Waals surface area contributed by atoms with Gasteiger partial charge in [-0.05, 0) is 12.3 Å². The number of rotatable bonds is 5. The second kappa shape index (κ2) is 6.83. The molecule has 1 rings (SSSR count). The molecule has 0 heterocycles. The predicted molar refractivity (Wildman–Crippen MR) is 62.4 cm³/mol. The summed E-state index contributed by atoms with van der Waals surface area (Å²) in [5.41, 5.74) is 5.43. The molecule has 0 saturated heterocycles. The SMILES string of the molecule is CC(CN)C(=O)NCCC1CCCCC1. The van der Waals surface area contributed by atoms with Crippen molar-refractivity contribution in [2.75, 3.05) is 13.1 Å². The summed E-state index contributed by atoms with van der Waals surface area (Å²) in [6.45, 7) is 3.14. The van der Waals surface area contributed by atoms with Crippen LogP contribution in [0.5, 0.6) is 0 Å². The number of hydrogen-bond acceptors (Lipinski definition) is 2. The molecule has 3 nitrogen and oxygen atoms in total. The van der Waals surface area contributed by atoms with Crippen molar-refractivity contribution in [3.05, 3.63) is 0 Å². The van der Waals surface area contributed by atoms with Crippen molar-refractivity contribution in [3.63, 3.8) is 0 Å². The number of nitrogens with one attached hydrogen (secondary N) is 1. The fourth-order valence-corrected chi connectivity index (χ4v) is 2.16. The van der Waals surface area contributed by atoms with E-state index in [1.807, 2.05) is 6.92 Å². The van der Waals surface area contributed by atoms with E-state index in [0.717, 1.165) is 18.9 Å². The first-order valence-electron chi connectivity index (χ1n) is 6.21. The maximum atomic E-state index is 11.4. The minimum absolute atomic E-state index is 0.0450. The van der Waals surface area contributed by atoms with Crippen LogP contribution in [0.4, 0.5) is 0 Å². The molecule has 0 spiro atoms. The second-order valence-electron chi connectivity index (χ2n) is 4.72. The van der Waals surface area contributed by atoms with Crippen LogP contribution < -0.4 is 11.1 Å². The molecule has 88 valence electrons. The van der Waals surface area contributed by atoms with Gasteiger partial charge in [0, 0.05) is 19.0 Å². The monoisotopic (exact) mass is 212 g/mol. The molecule has 0 aromatic carbocycles. The van der Waals surface area contributed by atoms with Crippen LogP contribution in [-0.4, -0.2) is 19.0 Å². The van der Waals surface area contributed by atoms with E-state index in [1.54, 1.807) is 0 Å². The topological polar surface area (TPSA) is 55.1 Å². The minimum Gasteiger partial charge on any atom is -0.356 e. The van der Waals surface area contributed by atoms with Gasteiger partial charge in [-0.2, -0.15) is 0 Å². The number of carbonyl (C=O) groups is 1. The Kier molecular flexibility index (Phi) is 5.69. The lowest BCUT2D eigenvalue weighted by molar-refractivity contribution is -0.124. The summed E-state index contributed by atoms with van der Waals surface area (Å²) in [7, 11) is 0. The van der Waals surface area contributed by atoms with Crippen LogP contribution in [0.3, 0.4) is 0 Å². The van der Waals surface area contributed by atoms with E-state index in [2.05, 4.69) is 5.32 Å². The van der Waals surface area contributed by atoms with Gasteiger partial charge in [-0.25, -0.2) is 0 Å². The van der Waals surface area contributed by atoms with Crippen LogP contribution in [0.2, 0.25) is 0 Å². The highest BCUT2D eigenvalue weighted by molar-refractivity contribution is 5.78. The standard InChI is InChI=1S/C12H24N2O/c1-10(9-13)12(15)14-8-7-11-5-3-2-4-6-11/h10-11H,2-9,13H2,1H3,(H,14,15). The van der Waals surface area contributed by atoms with E-state index in [9.17, 15) is 4.79 Å². The summed E-state index contributed by atoms with van der Waals surface area (Å²) >= 11 is 0. The van der Waals surface area contributed by atoms with Crippen LogP contribution in [-0.2, 0) is 4.79 Å². The van der Waals surface area contributed by atoms with Gasteiger partial charge in [0.15, 0.2) is 0 Å². The smallest absolute Gasteiger partial charge is 0.224 e. The molecule has 0 aromatic heterocycles. The van der Waals surface area contributed by atoms with Crippen molar-refractivity contribution in [1.82, 2.24) is 5.32 Å². The van der Waals surface area contributed by atoms with E-state index in [-0.39, 0.29) is 11.8 Å². The largest absolute Gasteiger partial charge is 0.356 e. The highest BCUT2D eigenvalue weighted by Crippen LogP contribution is 2.25. The zero-order valence-electron chi connectivity index (χ0n) is 9.80. The minimum atomic E-state index is -0.0450. The van der Waals surface area contributed by atoms with E-state index in [1.165, 1.54) is 32.1 Å². The van der Waals surface area contributed by atoms with Crippen molar-refractivity contribution in [1.29, 1.82) is 0 Å². The Hall–Kier alpha value is -0.570. The zero-order valence-corrected chi connectivity index (χ0v) is 9.80. The Balaban J connectivity index is 2.07. The molecule has 1 aliphatic rings. The molecule has 1 fully saturated rings. The molecule has 0 aliphatic heterocycles. The van der Waals surface area contributed by atoms with Crippen LogP contribution in [0.15, 0.2) is 0 Å². The van der Waals surface area contributed by atoms with E-state index in [0.29, 0.717) is 6.54 Å². The Morgan fingerprint density at radius 3 is 2.67 bits per heavy atom. The molecule has 3 heteroatoms. The number of amides is 1. The highest BCUT2D eigenvalue weighted by Gasteiger charge is 2.14. The Labute approximate surface area is 92.8 Å². The summed E-state index contributed by atoms with van der Waals surface area (Å²) in [6.07, 6.45) is 7.98. The van der Waals surface area contributed by atoms with Crippen molar-refractivity contribution >= 4 is 5.91 Å². The zero-order chi connectivity index (χ0) is 11.1. The van der Waals surface area contributed by atoms with E-state index >= 15 is 0 Å². The molecule has 1 aliphatic carbocycles. The average molecular weight is 212 g/mol. The fraction of sp³-hybridized carbons (Fsp3) is 0.917. The van der Waals surface area contributed by atoms with Gasteiger partial charge in [-0.3, -0.25) is 4.79 Å². The third kappa shape index (κ3) is 4.65. The number of carbonyl (C=O) groups excluding carboxylic acids is 1. The predicted octanol–water partition coefficient (Wildman–Crippen LogP) is 1.67. The molecular formula is C12H24N2O. The van der Waals surface area contributed by atoms with Crippen LogP contribution in [0.1, 0.15) is 45.4 Å². The summed E-state index contributed by atoms with van der Waals surface area (Å²) in [6, 6.07) is 0. The van der Waals surface area contributed by atoms with Gasteiger partial charge in [0.2, 0.25) is 5.91 Å². The first-order valence-corrected chi connectivity index (χ1v) is 6.21. The normalized spacial score (nSPS) is 19.9. The highest BCUT2D eigenvalue weighted by atomic mass is 16.1. The first kappa shape index (κ1) is 12.5. The van der Waals surface area contributed by atoms with Gasteiger partial charge < -0.3 is 11.1 Å². The number of hydrogen-bond donors (Lipinski definition) is 2. The van der Waals surface area contributed by atoms with Crippen molar-refractivity contribution in [2.24, 2.45) is 17.6 Å². The maximum Gasteiger partial charge on any atom is 0.224 e. The van der Waals surface area contributed by atoms with Gasteiger partial charge in [-0.1, -0.05) is 39.0 Å².